The van der Waals surface area contributed by atoms with Crippen LogP contribution >= 0.6 is 21.6 Å². The van der Waals surface area contributed by atoms with Gasteiger partial charge in [-0.25, -0.2) is 4.63 Å². The van der Waals surface area contributed by atoms with E-state index in [9.17, 15) is 14.4 Å². The van der Waals surface area contributed by atoms with Crippen LogP contribution in [0.2, 0.25) is 0 Å². The summed E-state index contributed by atoms with van der Waals surface area (Å²) in [6.07, 6.45) is 6.99. The number of hydrogen-bond acceptors (Lipinski definition) is 11. The first-order chi connectivity index (χ1) is 21.1. The third kappa shape index (κ3) is 13.6. The third-order valence-electron chi connectivity index (χ3n) is 7.02. The number of carbonyl (C=O) groups is 3. The molecule has 1 saturated heterocycles. The maximum Gasteiger partial charge on any atom is 0.307 e. The molecule has 0 spiro atoms. The number of nitrogens with zero attached hydrogens (tertiary/aromatic N) is 2. The molecular weight excluding hydrogens is 604 g/mol. The lowest BCUT2D eigenvalue weighted by molar-refractivity contribution is -0.157. The molecule has 0 aliphatic carbocycles. The topological polar surface area (TPSA) is 142 Å². The Morgan fingerprint density at radius 3 is 2.61 bits per heavy atom. The van der Waals surface area contributed by atoms with Crippen LogP contribution in [0.4, 0.5) is 0 Å². The quantitative estimate of drug-likeness (QED) is 0.108. The van der Waals surface area contributed by atoms with Crippen molar-refractivity contribution in [2.45, 2.75) is 96.3 Å². The summed E-state index contributed by atoms with van der Waals surface area (Å²) in [4.78, 5) is 37.6. The zero-order chi connectivity index (χ0) is 31.8. The van der Waals surface area contributed by atoms with Gasteiger partial charge in [-0.1, -0.05) is 40.5 Å². The van der Waals surface area contributed by atoms with Gasteiger partial charge in [0.05, 0.1) is 19.6 Å². The van der Waals surface area contributed by atoms with E-state index in [1.165, 1.54) is 18.6 Å². The van der Waals surface area contributed by atoms with Crippen molar-refractivity contribution in [2.24, 2.45) is 5.92 Å². The van der Waals surface area contributed by atoms with E-state index in [2.05, 4.69) is 20.9 Å². The van der Waals surface area contributed by atoms with Crippen LogP contribution in [0.1, 0.15) is 84.1 Å². The van der Waals surface area contributed by atoms with Crippen molar-refractivity contribution in [1.82, 2.24) is 20.9 Å². The summed E-state index contributed by atoms with van der Waals surface area (Å²) >= 11 is 0. The number of esters is 1. The minimum absolute atomic E-state index is 0.00384. The van der Waals surface area contributed by atoms with E-state index in [1.54, 1.807) is 20.8 Å². The number of aryl methyl sites for hydroxylation is 1. The number of ether oxygens (including phenoxy) is 3. The molecule has 2 aromatic rings. The van der Waals surface area contributed by atoms with Crippen molar-refractivity contribution in [1.29, 1.82) is 0 Å². The van der Waals surface area contributed by atoms with E-state index in [-0.39, 0.29) is 18.2 Å². The van der Waals surface area contributed by atoms with Crippen molar-refractivity contribution in [3.05, 3.63) is 17.7 Å². The van der Waals surface area contributed by atoms with Gasteiger partial charge in [0, 0.05) is 36.4 Å². The predicted octanol–water partition coefficient (Wildman–Crippen LogP) is 5.39. The van der Waals surface area contributed by atoms with E-state index < -0.39 is 17.5 Å². The molecule has 3 rings (SSSR count). The van der Waals surface area contributed by atoms with Gasteiger partial charge in [0.25, 0.3) is 0 Å². The second-order valence-corrected chi connectivity index (χ2v) is 14.8. The average Bonchev–Trinajstić information content (AvgIpc) is 3.67. The number of hydrogen-bond donors (Lipinski definition) is 2. The number of carbonyl (C=O) groups excluding carboxylic acids is 3. The van der Waals surface area contributed by atoms with Gasteiger partial charge in [-0.2, -0.15) is 0 Å². The maximum atomic E-state index is 13.0. The fraction of sp³-hybridized carbons (Fsp3) is 0.710. The third-order valence-corrected chi connectivity index (χ3v) is 10.0. The number of unbranched alkanes of at least 4 members (excludes halogenated alkanes) is 2. The number of nitrogens with one attached hydrogen (secondary N) is 2. The van der Waals surface area contributed by atoms with Crippen molar-refractivity contribution in [2.75, 3.05) is 38.7 Å². The summed E-state index contributed by atoms with van der Waals surface area (Å²) in [5.41, 5.74) is 1.56. The van der Waals surface area contributed by atoms with Gasteiger partial charge in [-0.3, -0.25) is 14.4 Å². The second-order valence-electron chi connectivity index (χ2n) is 12.0. The van der Waals surface area contributed by atoms with Crippen LogP contribution in [-0.4, -0.2) is 77.6 Å². The minimum Gasteiger partial charge on any atom is -0.489 e. The van der Waals surface area contributed by atoms with Crippen LogP contribution in [0.25, 0.3) is 11.0 Å². The molecule has 11 nitrogen and oxygen atoms in total. The van der Waals surface area contributed by atoms with Gasteiger partial charge in [0.2, 0.25) is 11.8 Å². The normalized spacial score (nSPS) is 15.7. The highest BCUT2D eigenvalue weighted by Crippen LogP contribution is 2.39. The van der Waals surface area contributed by atoms with E-state index >= 15 is 0 Å². The van der Waals surface area contributed by atoms with Crippen molar-refractivity contribution in [3.63, 3.8) is 0 Å². The predicted molar refractivity (Wildman–Crippen MR) is 174 cm³/mol. The van der Waals surface area contributed by atoms with Crippen molar-refractivity contribution < 1.29 is 33.2 Å². The molecule has 2 N–H and O–H groups in total. The summed E-state index contributed by atoms with van der Waals surface area (Å²) in [5, 5.41) is 14.4. The molecule has 1 fully saturated rings. The monoisotopic (exact) mass is 652 g/mol. The summed E-state index contributed by atoms with van der Waals surface area (Å²) in [7, 11) is 3.93. The van der Waals surface area contributed by atoms with Gasteiger partial charge >= 0.3 is 5.97 Å². The molecule has 2 heterocycles. The number of benzene rings is 1. The van der Waals surface area contributed by atoms with E-state index in [0.717, 1.165) is 30.1 Å². The molecule has 1 aromatic heterocycles. The van der Waals surface area contributed by atoms with Crippen LogP contribution in [-0.2, 0) is 23.9 Å². The van der Waals surface area contributed by atoms with Gasteiger partial charge in [-0.15, -0.1) is 0 Å². The van der Waals surface area contributed by atoms with Crippen LogP contribution in [0.5, 0.6) is 5.75 Å². The molecule has 1 aromatic carbocycles. The molecule has 1 aliphatic rings. The van der Waals surface area contributed by atoms with Gasteiger partial charge in [0.15, 0.2) is 11.3 Å². The molecule has 0 saturated carbocycles. The summed E-state index contributed by atoms with van der Waals surface area (Å²) in [6.45, 7) is 9.13. The zero-order valence-electron chi connectivity index (χ0n) is 26.5. The fourth-order valence-electron chi connectivity index (χ4n) is 4.75. The molecule has 246 valence electrons. The van der Waals surface area contributed by atoms with Crippen LogP contribution in [0, 0.1) is 12.8 Å². The largest absolute Gasteiger partial charge is 0.489 e. The first-order valence-corrected chi connectivity index (χ1v) is 18.0. The molecule has 13 heteroatoms. The lowest BCUT2D eigenvalue weighted by Crippen LogP contribution is -2.36. The highest BCUT2D eigenvalue weighted by Gasteiger charge is 2.25. The molecule has 0 bridgehead atoms. The van der Waals surface area contributed by atoms with E-state index in [4.69, 9.17) is 18.8 Å². The molecule has 1 aliphatic heterocycles. The van der Waals surface area contributed by atoms with E-state index in [0.29, 0.717) is 69.0 Å². The first kappa shape index (κ1) is 36.0. The van der Waals surface area contributed by atoms with Gasteiger partial charge in [0.1, 0.15) is 17.7 Å². The summed E-state index contributed by atoms with van der Waals surface area (Å²) in [6, 6.07) is 3.71. The van der Waals surface area contributed by atoms with Crippen LogP contribution in [0.15, 0.2) is 16.8 Å². The summed E-state index contributed by atoms with van der Waals surface area (Å²) in [5.74, 6) is 0.759. The Morgan fingerprint density at radius 1 is 1.02 bits per heavy atom. The Hall–Kier alpha value is -2.51. The highest BCUT2D eigenvalue weighted by atomic mass is 33.1. The number of rotatable bonds is 20. The molecule has 2 amide bonds. The van der Waals surface area contributed by atoms with Gasteiger partial charge in [-0.05, 0) is 81.7 Å². The molecule has 0 radical (unpaired) electrons. The Kier molecular flexibility index (Phi) is 15.6. The summed E-state index contributed by atoms with van der Waals surface area (Å²) < 4.78 is 21.6. The zero-order valence-corrected chi connectivity index (χ0v) is 28.1. The Labute approximate surface area is 268 Å². The Morgan fingerprint density at radius 2 is 1.84 bits per heavy atom. The SMILES string of the molecule is Cc1ccc(OCCOCCNC(=O)[C@H](CCCCNC(=O)CCCCC2CCSS2)CC(=O)OC(C)(C)C)c2nonc12. The molecule has 1 unspecified atom stereocenters. The van der Waals surface area contributed by atoms with Crippen LogP contribution in [0.3, 0.4) is 0 Å². The highest BCUT2D eigenvalue weighted by molar-refractivity contribution is 8.77. The maximum absolute atomic E-state index is 13.0. The van der Waals surface area contributed by atoms with Crippen LogP contribution < -0.4 is 15.4 Å². The molecule has 2 atom stereocenters. The van der Waals surface area contributed by atoms with Gasteiger partial charge < -0.3 is 24.8 Å². The molecule has 44 heavy (non-hydrogen) atoms. The minimum atomic E-state index is -0.623. The fourth-order valence-corrected chi connectivity index (χ4v) is 7.78. The lowest BCUT2D eigenvalue weighted by Gasteiger charge is -2.22. The second kappa shape index (κ2) is 19.1. The van der Waals surface area contributed by atoms with Crippen molar-refractivity contribution >= 4 is 50.4 Å². The van der Waals surface area contributed by atoms with Crippen molar-refractivity contribution in [3.8, 4) is 5.75 Å². The van der Waals surface area contributed by atoms with E-state index in [1.807, 2.05) is 40.6 Å². The smallest absolute Gasteiger partial charge is 0.307 e. The standard InChI is InChI=1S/C31H48N4O7S2/c1-22-12-13-25(29-28(22)34-42-35-29)40-19-18-39-17-16-33-30(38)23(21-27(37)41-31(2,3)4)9-7-8-15-32-26(36)11-6-5-10-24-14-20-43-44-24/h12-13,23-24H,5-11,14-21H2,1-4H3,(H,32,36)(H,33,38)/t23-,24?/m1/s1. The lowest BCUT2D eigenvalue weighted by atomic mass is 9.97. The number of amides is 2. The molecular formula is C31H48N4O7S2. The number of fused-ring (bicyclic) bond motifs is 1. The Bertz CT molecular complexity index is 1180. The average molecular weight is 653 g/mol. The first-order valence-electron chi connectivity index (χ1n) is 15.6. The Balaban J connectivity index is 1.30. The number of aromatic nitrogens is 2.